The molecule has 2 aromatic carbocycles. The number of para-hydroxylation sites is 1. The molecule has 0 N–H and O–H groups in total. The van der Waals surface area contributed by atoms with Crippen LogP contribution in [0.2, 0.25) is 0 Å². The lowest BCUT2D eigenvalue weighted by Crippen LogP contribution is -2.53. The van der Waals surface area contributed by atoms with E-state index in [-0.39, 0.29) is 11.5 Å². The molecule has 6 nitrogen and oxygen atoms in total. The number of nitrogens with zero attached hydrogens (tertiary/aromatic N) is 2. The van der Waals surface area contributed by atoms with Crippen molar-refractivity contribution in [1.82, 2.24) is 9.80 Å². The van der Waals surface area contributed by atoms with Crippen molar-refractivity contribution < 1.29 is 19.0 Å². The molecule has 1 spiro atoms. The molecule has 1 saturated heterocycles. The molecule has 6 heteroatoms. The second-order valence-electron chi connectivity index (χ2n) is 8.46. The van der Waals surface area contributed by atoms with E-state index in [1.165, 1.54) is 5.56 Å². The number of hydrogen-bond donors (Lipinski definition) is 0. The van der Waals surface area contributed by atoms with Crippen LogP contribution >= 0.6 is 0 Å². The highest BCUT2D eigenvalue weighted by Gasteiger charge is 2.41. The van der Waals surface area contributed by atoms with Crippen LogP contribution in [0.3, 0.4) is 0 Å². The summed E-state index contributed by atoms with van der Waals surface area (Å²) in [5.41, 5.74) is 1.96. The fraction of sp³-hybridized carbons (Fsp3) is 0.480. The summed E-state index contributed by atoms with van der Waals surface area (Å²) in [5.74, 6) is 2.56. The van der Waals surface area contributed by atoms with Crippen molar-refractivity contribution in [3.8, 4) is 17.2 Å². The Hall–Kier alpha value is -2.73. The maximum atomic E-state index is 12.3. The van der Waals surface area contributed by atoms with Crippen LogP contribution in [0.4, 0.5) is 0 Å². The molecule has 2 aromatic rings. The van der Waals surface area contributed by atoms with Gasteiger partial charge >= 0.3 is 0 Å². The van der Waals surface area contributed by atoms with Crippen molar-refractivity contribution in [3.63, 3.8) is 0 Å². The quantitative estimate of drug-likeness (QED) is 0.729. The van der Waals surface area contributed by atoms with Gasteiger partial charge in [0, 0.05) is 51.5 Å². The number of methoxy groups -OCH3 is 1. The highest BCUT2D eigenvalue weighted by molar-refractivity contribution is 5.73. The van der Waals surface area contributed by atoms with Crippen LogP contribution in [0.25, 0.3) is 0 Å². The number of amides is 1. The van der Waals surface area contributed by atoms with Crippen LogP contribution in [0.5, 0.6) is 17.2 Å². The van der Waals surface area contributed by atoms with Gasteiger partial charge in [0.1, 0.15) is 11.4 Å². The molecule has 0 bridgehead atoms. The topological polar surface area (TPSA) is 51.2 Å². The van der Waals surface area contributed by atoms with Gasteiger partial charge < -0.3 is 19.1 Å². The van der Waals surface area contributed by atoms with Gasteiger partial charge in [-0.05, 0) is 30.7 Å². The van der Waals surface area contributed by atoms with Gasteiger partial charge in [-0.2, -0.15) is 0 Å². The average Bonchev–Trinajstić information content (AvgIpc) is 2.93. The van der Waals surface area contributed by atoms with Gasteiger partial charge in [0.05, 0.1) is 20.3 Å². The van der Waals surface area contributed by atoms with Gasteiger partial charge in [0.2, 0.25) is 5.91 Å². The van der Waals surface area contributed by atoms with Gasteiger partial charge in [0.15, 0.2) is 11.5 Å². The standard InChI is InChI=1S/C25H32N2O4/c1-4-30-23-10-9-20(15-24(23)29-3)16-26-13-11-25(12-14-26)18-27(19(2)28)17-21-7-5-6-8-22(21)31-25/h5-10,15H,4,11-14,16-18H2,1-3H3. The number of piperidine rings is 1. The van der Waals surface area contributed by atoms with E-state index >= 15 is 0 Å². The van der Waals surface area contributed by atoms with Crippen LogP contribution in [0.15, 0.2) is 42.5 Å². The van der Waals surface area contributed by atoms with Crippen molar-refractivity contribution in [2.75, 3.05) is 33.4 Å². The Bertz CT molecular complexity index is 921. The van der Waals surface area contributed by atoms with Crippen molar-refractivity contribution in [2.45, 2.75) is 45.4 Å². The number of hydrogen-bond acceptors (Lipinski definition) is 5. The molecule has 1 fully saturated rings. The lowest BCUT2D eigenvalue weighted by atomic mass is 9.90. The second-order valence-corrected chi connectivity index (χ2v) is 8.46. The van der Waals surface area contributed by atoms with E-state index in [0.29, 0.717) is 19.7 Å². The molecule has 0 aromatic heterocycles. The van der Waals surface area contributed by atoms with E-state index < -0.39 is 0 Å². The SMILES string of the molecule is CCOc1ccc(CN2CCC3(CC2)CN(C(C)=O)Cc2ccccc2O3)cc1OC. The average molecular weight is 425 g/mol. The Kier molecular flexibility index (Phi) is 6.37. The highest BCUT2D eigenvalue weighted by atomic mass is 16.5. The first-order chi connectivity index (χ1) is 15.0. The monoisotopic (exact) mass is 424 g/mol. The molecule has 0 atom stereocenters. The normalized spacial score (nSPS) is 18.1. The Morgan fingerprint density at radius 1 is 1.13 bits per heavy atom. The molecule has 0 saturated carbocycles. The smallest absolute Gasteiger partial charge is 0.219 e. The summed E-state index contributed by atoms with van der Waals surface area (Å²) >= 11 is 0. The van der Waals surface area contributed by atoms with Crippen LogP contribution in [-0.2, 0) is 17.9 Å². The van der Waals surface area contributed by atoms with E-state index in [1.807, 2.05) is 36.1 Å². The summed E-state index contributed by atoms with van der Waals surface area (Å²) in [6.45, 7) is 8.18. The number of carbonyl (C=O) groups is 1. The Balaban J connectivity index is 1.45. The van der Waals surface area contributed by atoms with E-state index in [9.17, 15) is 4.79 Å². The summed E-state index contributed by atoms with van der Waals surface area (Å²) in [4.78, 5) is 16.6. The fourth-order valence-electron chi connectivity index (χ4n) is 4.55. The van der Waals surface area contributed by atoms with Gasteiger partial charge in [-0.25, -0.2) is 0 Å². The third-order valence-corrected chi connectivity index (χ3v) is 6.29. The van der Waals surface area contributed by atoms with Gasteiger partial charge in [-0.3, -0.25) is 9.69 Å². The first-order valence-corrected chi connectivity index (χ1v) is 11.1. The number of likely N-dealkylation sites (tertiary alicyclic amines) is 1. The van der Waals surface area contributed by atoms with E-state index in [2.05, 4.69) is 23.1 Å². The van der Waals surface area contributed by atoms with E-state index in [0.717, 1.165) is 55.3 Å². The third kappa shape index (κ3) is 4.79. The zero-order chi connectivity index (χ0) is 21.8. The predicted molar refractivity (Wildman–Crippen MR) is 120 cm³/mol. The minimum absolute atomic E-state index is 0.101. The number of fused-ring (bicyclic) bond motifs is 1. The number of benzene rings is 2. The summed E-state index contributed by atoms with van der Waals surface area (Å²) in [6, 6.07) is 14.2. The third-order valence-electron chi connectivity index (χ3n) is 6.29. The molecule has 4 rings (SSSR count). The summed E-state index contributed by atoms with van der Waals surface area (Å²) < 4.78 is 17.7. The molecular formula is C25H32N2O4. The largest absolute Gasteiger partial charge is 0.493 e. The molecule has 31 heavy (non-hydrogen) atoms. The lowest BCUT2D eigenvalue weighted by molar-refractivity contribution is -0.132. The van der Waals surface area contributed by atoms with Crippen molar-refractivity contribution in [2.24, 2.45) is 0 Å². The number of ether oxygens (including phenoxy) is 3. The molecule has 166 valence electrons. The van der Waals surface area contributed by atoms with Crippen LogP contribution < -0.4 is 14.2 Å². The van der Waals surface area contributed by atoms with Gasteiger partial charge in [-0.1, -0.05) is 24.3 Å². The summed E-state index contributed by atoms with van der Waals surface area (Å²) in [5, 5.41) is 0. The minimum atomic E-state index is -0.328. The Morgan fingerprint density at radius 2 is 1.90 bits per heavy atom. The van der Waals surface area contributed by atoms with Gasteiger partial charge in [0.25, 0.3) is 0 Å². The van der Waals surface area contributed by atoms with E-state index in [1.54, 1.807) is 14.0 Å². The number of rotatable bonds is 5. The Labute approximate surface area is 184 Å². The maximum Gasteiger partial charge on any atom is 0.219 e. The van der Waals surface area contributed by atoms with Crippen molar-refractivity contribution >= 4 is 5.91 Å². The highest BCUT2D eigenvalue weighted by Crippen LogP contribution is 2.36. The first kappa shape index (κ1) is 21.5. The number of carbonyl (C=O) groups excluding carboxylic acids is 1. The molecule has 2 aliphatic rings. The summed E-state index contributed by atoms with van der Waals surface area (Å²) in [6.07, 6.45) is 1.78. The predicted octanol–water partition coefficient (Wildman–Crippen LogP) is 3.87. The minimum Gasteiger partial charge on any atom is -0.493 e. The van der Waals surface area contributed by atoms with E-state index in [4.69, 9.17) is 14.2 Å². The molecule has 1 amide bonds. The lowest BCUT2D eigenvalue weighted by Gasteiger charge is -2.42. The van der Waals surface area contributed by atoms with Crippen molar-refractivity contribution in [1.29, 1.82) is 0 Å². The molecule has 0 radical (unpaired) electrons. The van der Waals surface area contributed by atoms with Crippen molar-refractivity contribution in [3.05, 3.63) is 53.6 Å². The van der Waals surface area contributed by atoms with Crippen LogP contribution in [-0.4, -0.2) is 54.7 Å². The maximum absolute atomic E-state index is 12.3. The Morgan fingerprint density at radius 3 is 2.61 bits per heavy atom. The summed E-state index contributed by atoms with van der Waals surface area (Å²) in [7, 11) is 1.67. The van der Waals surface area contributed by atoms with Gasteiger partial charge in [-0.15, -0.1) is 0 Å². The zero-order valence-corrected chi connectivity index (χ0v) is 18.7. The van der Waals surface area contributed by atoms with Crippen LogP contribution in [0.1, 0.15) is 37.8 Å². The second kappa shape index (κ2) is 9.18. The molecule has 2 aliphatic heterocycles. The van der Waals surface area contributed by atoms with Crippen LogP contribution in [0, 0.1) is 0 Å². The first-order valence-electron chi connectivity index (χ1n) is 11.1. The fourth-order valence-corrected chi connectivity index (χ4v) is 4.55. The zero-order valence-electron chi connectivity index (χ0n) is 18.7. The molecular weight excluding hydrogens is 392 g/mol. The molecule has 0 aliphatic carbocycles. The molecule has 0 unspecified atom stereocenters. The molecule has 2 heterocycles.